The van der Waals surface area contributed by atoms with Crippen LogP contribution in [0.3, 0.4) is 0 Å². The Hall–Kier alpha value is -2.50. The first-order valence-corrected chi connectivity index (χ1v) is 9.63. The minimum absolute atomic E-state index is 0.0112. The number of hydrogen-bond acceptors (Lipinski definition) is 3. The van der Waals surface area contributed by atoms with Crippen molar-refractivity contribution in [3.8, 4) is 10.6 Å². The number of thiazole rings is 1. The van der Waals surface area contributed by atoms with Crippen molar-refractivity contribution in [3.63, 3.8) is 0 Å². The zero-order valence-electron chi connectivity index (χ0n) is 15.1. The van der Waals surface area contributed by atoms with Crippen LogP contribution in [-0.2, 0) is 11.2 Å². The van der Waals surface area contributed by atoms with Crippen molar-refractivity contribution in [1.29, 1.82) is 0 Å². The molecule has 26 heavy (non-hydrogen) atoms. The predicted molar refractivity (Wildman–Crippen MR) is 106 cm³/mol. The number of likely N-dealkylation sites (N-methyl/N-ethyl adjacent to an activating group) is 1. The first kappa shape index (κ1) is 18.3. The van der Waals surface area contributed by atoms with Crippen LogP contribution in [0, 0.1) is 0 Å². The molecule has 0 aliphatic rings. The van der Waals surface area contributed by atoms with Gasteiger partial charge in [0, 0.05) is 16.5 Å². The van der Waals surface area contributed by atoms with E-state index in [4.69, 9.17) is 0 Å². The number of carbonyl (C=O) groups is 1. The van der Waals surface area contributed by atoms with E-state index in [1.54, 1.807) is 11.3 Å². The molecule has 0 saturated heterocycles. The summed E-state index contributed by atoms with van der Waals surface area (Å²) in [5.74, 6) is 0.0112. The van der Waals surface area contributed by atoms with Crippen molar-refractivity contribution in [1.82, 2.24) is 10.3 Å². The fraction of sp³-hybridized carbons (Fsp3) is 0.238. The van der Waals surface area contributed by atoms with Crippen LogP contribution in [-0.4, -0.2) is 31.5 Å². The van der Waals surface area contributed by atoms with Crippen molar-refractivity contribution in [2.24, 2.45) is 0 Å². The summed E-state index contributed by atoms with van der Waals surface area (Å²) in [5, 5.41) is 5.98. The van der Waals surface area contributed by atoms with E-state index in [-0.39, 0.29) is 11.9 Å². The third-order valence-electron chi connectivity index (χ3n) is 4.32. The van der Waals surface area contributed by atoms with E-state index >= 15 is 0 Å². The Morgan fingerprint density at radius 3 is 2.38 bits per heavy atom. The first-order chi connectivity index (χ1) is 12.6. The van der Waals surface area contributed by atoms with Gasteiger partial charge in [-0.15, -0.1) is 11.3 Å². The highest BCUT2D eigenvalue weighted by Gasteiger charge is 2.18. The van der Waals surface area contributed by atoms with Gasteiger partial charge in [0.05, 0.1) is 32.8 Å². The van der Waals surface area contributed by atoms with Crippen LogP contribution in [0.15, 0.2) is 66.0 Å². The quantitative estimate of drug-likeness (QED) is 0.674. The molecule has 1 heterocycles. The Morgan fingerprint density at radius 1 is 1.08 bits per heavy atom. The normalized spacial score (nSPS) is 12.1. The minimum atomic E-state index is 0.0112. The molecule has 0 radical (unpaired) electrons. The van der Waals surface area contributed by atoms with E-state index in [0.717, 1.165) is 16.3 Å². The summed E-state index contributed by atoms with van der Waals surface area (Å²) in [5.41, 5.74) is 3.14. The molecular weight excluding hydrogens is 342 g/mol. The summed E-state index contributed by atoms with van der Waals surface area (Å²) in [7, 11) is 4.22. The molecule has 134 valence electrons. The Morgan fingerprint density at radius 2 is 1.73 bits per heavy atom. The maximum Gasteiger partial charge on any atom is 0.226 e. The lowest BCUT2D eigenvalue weighted by atomic mass is 10.1. The average molecular weight is 367 g/mol. The van der Waals surface area contributed by atoms with Gasteiger partial charge in [0.15, 0.2) is 0 Å². The number of rotatable bonds is 7. The second kappa shape index (κ2) is 8.74. The molecule has 4 nitrogen and oxygen atoms in total. The first-order valence-electron chi connectivity index (χ1n) is 8.75. The maximum absolute atomic E-state index is 12.4. The SMILES string of the molecule is C[NH+](C)[C@H](CNC(=O)Cc1csc(-c2ccccc2)n1)c1ccccc1. The zero-order valence-corrected chi connectivity index (χ0v) is 15.9. The van der Waals surface area contributed by atoms with E-state index in [1.807, 2.05) is 53.9 Å². The summed E-state index contributed by atoms with van der Waals surface area (Å²) < 4.78 is 0. The summed E-state index contributed by atoms with van der Waals surface area (Å²) in [6, 6.07) is 20.6. The van der Waals surface area contributed by atoms with Gasteiger partial charge in [-0.2, -0.15) is 0 Å². The molecule has 0 fully saturated rings. The smallest absolute Gasteiger partial charge is 0.226 e. The fourth-order valence-corrected chi connectivity index (χ4v) is 3.71. The fourth-order valence-electron chi connectivity index (χ4n) is 2.89. The second-order valence-corrected chi connectivity index (χ2v) is 7.39. The molecule has 1 aromatic heterocycles. The third kappa shape index (κ3) is 4.77. The minimum Gasteiger partial charge on any atom is -0.349 e. The molecule has 0 aliphatic carbocycles. The largest absolute Gasteiger partial charge is 0.349 e. The van der Waals surface area contributed by atoms with E-state index in [1.165, 1.54) is 10.5 Å². The van der Waals surface area contributed by atoms with Crippen LogP contribution in [0.5, 0.6) is 0 Å². The topological polar surface area (TPSA) is 46.4 Å². The van der Waals surface area contributed by atoms with Gasteiger partial charge in [-0.1, -0.05) is 60.7 Å². The highest BCUT2D eigenvalue weighted by atomic mass is 32.1. The van der Waals surface area contributed by atoms with Gasteiger partial charge >= 0.3 is 0 Å². The number of aromatic nitrogens is 1. The monoisotopic (exact) mass is 366 g/mol. The number of amides is 1. The number of nitrogens with one attached hydrogen (secondary N) is 2. The molecule has 2 aromatic carbocycles. The Labute approximate surface area is 158 Å². The van der Waals surface area contributed by atoms with Crippen LogP contribution in [0.2, 0.25) is 0 Å². The van der Waals surface area contributed by atoms with E-state index in [2.05, 4.69) is 36.5 Å². The van der Waals surface area contributed by atoms with Gasteiger partial charge < -0.3 is 10.2 Å². The molecule has 2 N–H and O–H groups in total. The maximum atomic E-state index is 12.4. The third-order valence-corrected chi connectivity index (χ3v) is 5.26. The van der Waals surface area contributed by atoms with E-state index in [9.17, 15) is 4.79 Å². The van der Waals surface area contributed by atoms with E-state index < -0.39 is 0 Å². The molecule has 1 atom stereocenters. The van der Waals surface area contributed by atoms with Crippen LogP contribution >= 0.6 is 11.3 Å². The molecule has 0 unspecified atom stereocenters. The highest BCUT2D eigenvalue weighted by molar-refractivity contribution is 7.13. The van der Waals surface area contributed by atoms with Crippen LogP contribution in [0.25, 0.3) is 10.6 Å². The zero-order chi connectivity index (χ0) is 18.4. The molecule has 3 aromatic rings. The van der Waals surface area contributed by atoms with Gasteiger partial charge in [0.2, 0.25) is 5.91 Å². The van der Waals surface area contributed by atoms with Crippen molar-refractivity contribution >= 4 is 17.2 Å². The van der Waals surface area contributed by atoms with E-state index in [0.29, 0.717) is 13.0 Å². The number of nitrogens with zero attached hydrogens (tertiary/aromatic N) is 1. The highest BCUT2D eigenvalue weighted by Crippen LogP contribution is 2.23. The van der Waals surface area contributed by atoms with Gasteiger partial charge in [-0.05, 0) is 0 Å². The van der Waals surface area contributed by atoms with Crippen LogP contribution < -0.4 is 10.2 Å². The number of benzene rings is 2. The van der Waals surface area contributed by atoms with Gasteiger partial charge in [0.25, 0.3) is 0 Å². The molecule has 0 bridgehead atoms. The molecule has 5 heteroatoms. The second-order valence-electron chi connectivity index (χ2n) is 6.53. The lowest BCUT2D eigenvalue weighted by molar-refractivity contribution is -0.890. The van der Waals surface area contributed by atoms with Crippen molar-refractivity contribution in [2.45, 2.75) is 12.5 Å². The van der Waals surface area contributed by atoms with Gasteiger partial charge in [-0.3, -0.25) is 4.79 Å². The van der Waals surface area contributed by atoms with Crippen molar-refractivity contribution in [3.05, 3.63) is 77.3 Å². The lowest BCUT2D eigenvalue weighted by Gasteiger charge is -2.22. The summed E-state index contributed by atoms with van der Waals surface area (Å²) >= 11 is 1.58. The lowest BCUT2D eigenvalue weighted by Crippen LogP contribution is -3.07. The van der Waals surface area contributed by atoms with Crippen molar-refractivity contribution in [2.75, 3.05) is 20.6 Å². The molecular formula is C21H24N3OS+. The predicted octanol–water partition coefficient (Wildman–Crippen LogP) is 2.35. The molecule has 0 aliphatic heterocycles. The summed E-state index contributed by atoms with van der Waals surface area (Å²) in [6.45, 7) is 0.612. The number of carbonyl (C=O) groups excluding carboxylic acids is 1. The van der Waals surface area contributed by atoms with Crippen LogP contribution in [0.4, 0.5) is 0 Å². The molecule has 0 spiro atoms. The summed E-state index contributed by atoms with van der Waals surface area (Å²) in [6.07, 6.45) is 0.313. The summed E-state index contributed by atoms with van der Waals surface area (Å²) in [4.78, 5) is 18.2. The Balaban J connectivity index is 1.58. The number of quaternary nitrogens is 1. The van der Waals surface area contributed by atoms with Gasteiger partial charge in [0.1, 0.15) is 11.0 Å². The van der Waals surface area contributed by atoms with Gasteiger partial charge in [-0.25, -0.2) is 4.98 Å². The van der Waals surface area contributed by atoms with Crippen molar-refractivity contribution < 1.29 is 9.69 Å². The molecule has 3 rings (SSSR count). The standard InChI is InChI=1S/C21H23N3OS/c1-24(2)19(16-9-5-3-6-10-16)14-22-20(25)13-18-15-26-21(23-18)17-11-7-4-8-12-17/h3-12,15,19H,13-14H2,1-2H3,(H,22,25)/p+1/t19-/m1/s1. The Kier molecular flexibility index (Phi) is 6.15. The van der Waals surface area contributed by atoms with Crippen LogP contribution in [0.1, 0.15) is 17.3 Å². The molecule has 0 saturated carbocycles. The molecule has 1 amide bonds. The average Bonchev–Trinajstić information content (AvgIpc) is 3.11. The number of hydrogen-bond donors (Lipinski definition) is 2. The Bertz CT molecular complexity index is 831.